The highest BCUT2D eigenvalue weighted by Crippen LogP contribution is 2.30. The molecule has 4 rings (SSSR count). The van der Waals surface area contributed by atoms with Crippen LogP contribution in [0.25, 0.3) is 10.9 Å². The number of hydrogen-bond donors (Lipinski definition) is 0. The summed E-state index contributed by atoms with van der Waals surface area (Å²) in [5, 5.41) is 9.71. The van der Waals surface area contributed by atoms with E-state index in [4.69, 9.17) is 4.98 Å². The molecule has 1 aromatic carbocycles. The van der Waals surface area contributed by atoms with Crippen LogP contribution in [0, 0.1) is 0 Å². The zero-order valence-corrected chi connectivity index (χ0v) is 16.1. The van der Waals surface area contributed by atoms with Crippen molar-refractivity contribution in [1.29, 1.82) is 0 Å². The molecule has 1 saturated heterocycles. The van der Waals surface area contributed by atoms with E-state index in [-0.39, 0.29) is 0 Å². The van der Waals surface area contributed by atoms with E-state index >= 15 is 0 Å². The van der Waals surface area contributed by atoms with E-state index < -0.39 is 0 Å². The number of pyridine rings is 1. The Hall–Kier alpha value is -1.95. The zero-order chi connectivity index (χ0) is 17.4. The van der Waals surface area contributed by atoms with Gasteiger partial charge in [0, 0.05) is 34.9 Å². The maximum absolute atomic E-state index is 4.88. The minimum Gasteiger partial charge on any atom is -0.356 e. The first-order chi connectivity index (χ1) is 12.1. The fraction of sp³-hybridized carbons (Fsp3) is 0.421. The molecule has 0 amide bonds. The maximum Gasteiger partial charge on any atom is 0.137 e. The van der Waals surface area contributed by atoms with Crippen molar-refractivity contribution in [2.75, 3.05) is 18.0 Å². The number of benzene rings is 1. The van der Waals surface area contributed by atoms with Crippen LogP contribution in [0.15, 0.2) is 41.1 Å². The lowest BCUT2D eigenvalue weighted by atomic mass is 9.97. The van der Waals surface area contributed by atoms with Crippen LogP contribution in [0.4, 0.5) is 5.82 Å². The molecule has 0 N–H and O–H groups in total. The molecule has 3 aromatic rings. The van der Waals surface area contributed by atoms with Crippen molar-refractivity contribution in [2.45, 2.75) is 38.6 Å². The lowest BCUT2D eigenvalue weighted by molar-refractivity contribution is 0.453. The van der Waals surface area contributed by atoms with Crippen LogP contribution in [-0.4, -0.2) is 32.8 Å². The van der Waals surface area contributed by atoms with Gasteiger partial charge >= 0.3 is 0 Å². The van der Waals surface area contributed by atoms with Crippen molar-refractivity contribution >= 4 is 32.7 Å². The molecule has 2 aromatic heterocycles. The highest BCUT2D eigenvalue weighted by molar-refractivity contribution is 9.10. The summed E-state index contributed by atoms with van der Waals surface area (Å²) in [7, 11) is 0. The van der Waals surface area contributed by atoms with Crippen LogP contribution >= 0.6 is 15.9 Å². The van der Waals surface area contributed by atoms with E-state index in [0.29, 0.717) is 12.0 Å². The van der Waals surface area contributed by atoms with Crippen LogP contribution in [0.5, 0.6) is 0 Å². The summed E-state index contributed by atoms with van der Waals surface area (Å²) in [6.07, 6.45) is 4.16. The normalized spacial score (nSPS) is 18.2. The Balaban J connectivity index is 1.60. The average Bonchev–Trinajstić information content (AvgIpc) is 3.11. The molecule has 1 aliphatic heterocycles. The smallest absolute Gasteiger partial charge is 0.137 e. The summed E-state index contributed by atoms with van der Waals surface area (Å²) >= 11 is 3.52. The molecule has 130 valence electrons. The van der Waals surface area contributed by atoms with E-state index in [1.807, 2.05) is 12.4 Å². The van der Waals surface area contributed by atoms with Gasteiger partial charge in [0.15, 0.2) is 0 Å². The predicted molar refractivity (Wildman–Crippen MR) is 104 cm³/mol. The molecule has 1 fully saturated rings. The quantitative estimate of drug-likeness (QED) is 0.647. The third-order valence-corrected chi connectivity index (χ3v) is 5.40. The van der Waals surface area contributed by atoms with Gasteiger partial charge in [0.25, 0.3) is 0 Å². The Kier molecular flexibility index (Phi) is 4.46. The summed E-state index contributed by atoms with van der Waals surface area (Å²) in [4.78, 5) is 7.26. The SMILES string of the molecule is CC(C)n1cnnc1C1CCCN(c2ccc3cc(Br)ccc3n2)C1. The van der Waals surface area contributed by atoms with E-state index in [1.54, 1.807) is 0 Å². The molecule has 0 bridgehead atoms. The summed E-state index contributed by atoms with van der Waals surface area (Å²) in [5.74, 6) is 2.56. The van der Waals surface area contributed by atoms with Gasteiger partial charge in [-0.15, -0.1) is 10.2 Å². The summed E-state index contributed by atoms with van der Waals surface area (Å²) < 4.78 is 3.28. The molecule has 1 aliphatic rings. The second-order valence-corrected chi connectivity index (χ2v) is 7.90. The molecular weight excluding hydrogens is 378 g/mol. The fourth-order valence-electron chi connectivity index (χ4n) is 3.60. The van der Waals surface area contributed by atoms with Crippen molar-refractivity contribution in [1.82, 2.24) is 19.7 Å². The number of hydrogen-bond acceptors (Lipinski definition) is 4. The fourth-order valence-corrected chi connectivity index (χ4v) is 3.98. The van der Waals surface area contributed by atoms with Gasteiger partial charge in [-0.3, -0.25) is 0 Å². The van der Waals surface area contributed by atoms with Crippen molar-refractivity contribution in [3.05, 3.63) is 47.0 Å². The number of anilines is 1. The van der Waals surface area contributed by atoms with Gasteiger partial charge in [0.05, 0.1) is 5.52 Å². The first kappa shape index (κ1) is 16.5. The highest BCUT2D eigenvalue weighted by Gasteiger charge is 2.26. The Morgan fingerprint density at radius 2 is 2.08 bits per heavy atom. The number of halogens is 1. The Morgan fingerprint density at radius 3 is 2.92 bits per heavy atom. The maximum atomic E-state index is 4.88. The monoisotopic (exact) mass is 399 g/mol. The number of fused-ring (bicyclic) bond motifs is 1. The minimum absolute atomic E-state index is 0.387. The van der Waals surface area contributed by atoms with Gasteiger partial charge in [-0.25, -0.2) is 4.98 Å². The standard InChI is InChI=1S/C19H22BrN5/c1-13(2)25-12-21-23-19(25)15-4-3-9-24(11-15)18-8-5-14-10-16(20)6-7-17(14)22-18/h5-8,10,12-13,15H,3-4,9,11H2,1-2H3. The molecule has 25 heavy (non-hydrogen) atoms. The van der Waals surface area contributed by atoms with Crippen molar-refractivity contribution in [3.8, 4) is 0 Å². The Morgan fingerprint density at radius 1 is 1.20 bits per heavy atom. The van der Waals surface area contributed by atoms with E-state index in [2.05, 4.69) is 73.7 Å². The molecule has 6 heteroatoms. The van der Waals surface area contributed by atoms with Gasteiger partial charge in [0.2, 0.25) is 0 Å². The summed E-state index contributed by atoms with van der Waals surface area (Å²) in [6, 6.07) is 10.9. The van der Waals surface area contributed by atoms with Crippen molar-refractivity contribution in [2.24, 2.45) is 0 Å². The summed E-state index contributed by atoms with van der Waals surface area (Å²) in [5.41, 5.74) is 1.04. The highest BCUT2D eigenvalue weighted by atomic mass is 79.9. The van der Waals surface area contributed by atoms with Crippen LogP contribution < -0.4 is 4.90 Å². The molecule has 0 radical (unpaired) electrons. The molecule has 1 unspecified atom stereocenters. The van der Waals surface area contributed by atoms with Crippen LogP contribution in [0.2, 0.25) is 0 Å². The lowest BCUT2D eigenvalue weighted by Gasteiger charge is -2.33. The van der Waals surface area contributed by atoms with Crippen molar-refractivity contribution in [3.63, 3.8) is 0 Å². The third kappa shape index (κ3) is 3.27. The van der Waals surface area contributed by atoms with Gasteiger partial charge in [-0.2, -0.15) is 0 Å². The van der Waals surface area contributed by atoms with Gasteiger partial charge in [0.1, 0.15) is 18.0 Å². The third-order valence-electron chi connectivity index (χ3n) is 4.90. The van der Waals surface area contributed by atoms with Crippen molar-refractivity contribution < 1.29 is 0 Å². The zero-order valence-electron chi connectivity index (χ0n) is 14.6. The Labute approximate surface area is 156 Å². The molecule has 1 atom stereocenters. The van der Waals surface area contributed by atoms with Gasteiger partial charge < -0.3 is 9.47 Å². The first-order valence-electron chi connectivity index (χ1n) is 8.82. The first-order valence-corrected chi connectivity index (χ1v) is 9.62. The van der Waals surface area contributed by atoms with Gasteiger partial charge in [-0.05, 0) is 57.0 Å². The van der Waals surface area contributed by atoms with E-state index in [0.717, 1.165) is 52.9 Å². The average molecular weight is 400 g/mol. The number of aromatic nitrogens is 4. The van der Waals surface area contributed by atoms with Gasteiger partial charge in [-0.1, -0.05) is 15.9 Å². The molecule has 0 aliphatic carbocycles. The Bertz CT molecular complexity index is 888. The molecular formula is C19H22BrN5. The topological polar surface area (TPSA) is 46.8 Å². The van der Waals surface area contributed by atoms with Crippen LogP contribution in [0.1, 0.15) is 44.5 Å². The molecule has 0 spiro atoms. The van der Waals surface area contributed by atoms with Crippen LogP contribution in [-0.2, 0) is 0 Å². The largest absolute Gasteiger partial charge is 0.356 e. The molecule has 0 saturated carbocycles. The summed E-state index contributed by atoms with van der Waals surface area (Å²) in [6.45, 7) is 6.34. The second kappa shape index (κ2) is 6.75. The number of piperidine rings is 1. The van der Waals surface area contributed by atoms with Crippen LogP contribution in [0.3, 0.4) is 0 Å². The van der Waals surface area contributed by atoms with E-state index in [9.17, 15) is 0 Å². The second-order valence-electron chi connectivity index (χ2n) is 6.98. The van der Waals surface area contributed by atoms with E-state index in [1.165, 1.54) is 0 Å². The lowest BCUT2D eigenvalue weighted by Crippen LogP contribution is -2.36. The number of nitrogens with zero attached hydrogens (tertiary/aromatic N) is 5. The molecule has 5 nitrogen and oxygen atoms in total. The minimum atomic E-state index is 0.387. The molecule has 3 heterocycles. The predicted octanol–water partition coefficient (Wildman–Crippen LogP) is 4.55. The number of rotatable bonds is 3.